The third-order valence-corrected chi connectivity index (χ3v) is 0. The molecule has 0 spiro atoms. The standard InChI is InChI=1S/CH3.Hg.NO3/c;;2-1(3)4/h1H3;;/q;+1;-1. The second-order valence-corrected chi connectivity index (χ2v) is 0.224. The summed E-state index contributed by atoms with van der Waals surface area (Å²) in [5.41, 5.74) is 0. The molecular weight excluding hydrogens is 275 g/mol. The van der Waals surface area contributed by atoms with Gasteiger partial charge in [-0.15, -0.1) is 0 Å². The Balaban J connectivity index is 0. The van der Waals surface area contributed by atoms with E-state index < -0.39 is 5.09 Å². The van der Waals surface area contributed by atoms with E-state index in [0.29, 0.717) is 0 Å². The molecule has 0 fully saturated rings. The molecule has 0 aromatic rings. The molecule has 0 aliphatic rings. The fraction of sp³-hybridized carbons (Fsp3) is 1.00. The van der Waals surface area contributed by atoms with Gasteiger partial charge in [-0.1, -0.05) is 0 Å². The Labute approximate surface area is 51.2 Å². The van der Waals surface area contributed by atoms with Crippen LogP contribution in [0.2, 0.25) is 4.43 Å². The first kappa shape index (κ1) is 9.46. The van der Waals surface area contributed by atoms with E-state index in [-0.39, 0.29) is 0 Å². The molecule has 0 radical (unpaired) electrons. The van der Waals surface area contributed by atoms with Crippen LogP contribution in [0.3, 0.4) is 0 Å². The van der Waals surface area contributed by atoms with Crippen LogP contribution in [-0.2, 0) is 26.1 Å². The van der Waals surface area contributed by atoms with Crippen molar-refractivity contribution in [1.82, 2.24) is 0 Å². The molecule has 0 aliphatic heterocycles. The summed E-state index contributed by atoms with van der Waals surface area (Å²) < 4.78 is 2.19. The summed E-state index contributed by atoms with van der Waals surface area (Å²) in [6.07, 6.45) is 0. The molecule has 4 nitrogen and oxygen atoms in total. The first-order valence-corrected chi connectivity index (χ1v) is 6.75. The molecule has 0 saturated heterocycles. The molecule has 0 amide bonds. The van der Waals surface area contributed by atoms with Crippen molar-refractivity contribution in [3.05, 3.63) is 15.3 Å². The van der Waals surface area contributed by atoms with Crippen LogP contribution in [0.5, 0.6) is 0 Å². The summed E-state index contributed by atoms with van der Waals surface area (Å²) in [5, 5.41) is 14.8. The van der Waals surface area contributed by atoms with E-state index in [1.54, 1.807) is 0 Å². The second-order valence-electron chi connectivity index (χ2n) is 0.224. The molecule has 0 saturated carbocycles. The van der Waals surface area contributed by atoms with Crippen LogP contribution in [0.25, 0.3) is 0 Å². The van der Waals surface area contributed by atoms with Gasteiger partial charge in [0.1, 0.15) is 0 Å². The first-order chi connectivity index (χ1) is 2.73. The zero-order valence-electron chi connectivity index (χ0n) is 3.38. The van der Waals surface area contributed by atoms with Crippen molar-refractivity contribution in [3.63, 3.8) is 0 Å². The van der Waals surface area contributed by atoms with Crippen molar-refractivity contribution in [2.75, 3.05) is 0 Å². The summed E-state index contributed by atoms with van der Waals surface area (Å²) >= 11 is 1.03. The fourth-order valence-corrected chi connectivity index (χ4v) is 0. The third kappa shape index (κ3) is 2230. The molecular formula is CH3HgNO3. The van der Waals surface area contributed by atoms with Crippen molar-refractivity contribution in [2.45, 2.75) is 4.43 Å². The molecule has 0 atom stereocenters. The van der Waals surface area contributed by atoms with Crippen LogP contribution >= 0.6 is 0 Å². The van der Waals surface area contributed by atoms with Crippen LogP contribution in [0.15, 0.2) is 0 Å². The Morgan fingerprint density at radius 3 is 1.50 bits per heavy atom. The van der Waals surface area contributed by atoms with Crippen LogP contribution in [-0.4, -0.2) is 5.09 Å². The van der Waals surface area contributed by atoms with Gasteiger partial charge in [0.15, 0.2) is 0 Å². The van der Waals surface area contributed by atoms with E-state index in [9.17, 15) is 0 Å². The topological polar surface area (TPSA) is 66.2 Å². The van der Waals surface area contributed by atoms with Crippen molar-refractivity contribution in [2.24, 2.45) is 0 Å². The van der Waals surface area contributed by atoms with Gasteiger partial charge in [-0.25, -0.2) is 0 Å². The normalized spacial score (nSPS) is 5.17. The molecule has 0 rings (SSSR count). The molecule has 0 aromatic carbocycles. The number of rotatable bonds is 0. The summed E-state index contributed by atoms with van der Waals surface area (Å²) in [5.74, 6) is 0. The summed E-state index contributed by atoms with van der Waals surface area (Å²) in [4.78, 5) is 8.25. The molecule has 0 bridgehead atoms. The Kier molecular flexibility index (Phi) is 14.1. The molecule has 32 valence electrons. The van der Waals surface area contributed by atoms with Gasteiger partial charge in [-0.3, -0.25) is 0 Å². The van der Waals surface area contributed by atoms with Crippen molar-refractivity contribution >= 4 is 0 Å². The van der Waals surface area contributed by atoms with E-state index in [2.05, 4.69) is 4.43 Å². The number of hydrogen-bond acceptors (Lipinski definition) is 3. The van der Waals surface area contributed by atoms with Crippen molar-refractivity contribution in [3.8, 4) is 0 Å². The summed E-state index contributed by atoms with van der Waals surface area (Å²) in [6.45, 7) is 0. The minimum absolute atomic E-state index is 1.03. The molecule has 0 aromatic heterocycles. The number of nitrogens with zero attached hydrogens (tertiary/aromatic N) is 1. The van der Waals surface area contributed by atoms with E-state index in [4.69, 9.17) is 15.3 Å². The van der Waals surface area contributed by atoms with Gasteiger partial charge in [-0.05, 0) is 0 Å². The molecule has 6 heavy (non-hydrogen) atoms. The molecule has 5 heteroatoms. The SMILES string of the molecule is O=[N+]([O-])[O-].[CH3][Hg+]. The monoisotopic (exact) mass is 279 g/mol. The zero-order valence-corrected chi connectivity index (χ0v) is 8.88. The van der Waals surface area contributed by atoms with Crippen molar-refractivity contribution < 1.29 is 31.2 Å². The maximum absolute atomic E-state index is 8.25. The van der Waals surface area contributed by atoms with E-state index >= 15 is 0 Å². The van der Waals surface area contributed by atoms with E-state index in [0.717, 1.165) is 26.1 Å². The Morgan fingerprint density at radius 1 is 1.50 bits per heavy atom. The average Bonchev–Trinajstić information content (AvgIpc) is 1.41. The maximum atomic E-state index is 8.25. The van der Waals surface area contributed by atoms with Gasteiger partial charge >= 0.3 is 30.6 Å². The van der Waals surface area contributed by atoms with Gasteiger partial charge in [0.25, 0.3) is 0 Å². The van der Waals surface area contributed by atoms with Crippen molar-refractivity contribution in [1.29, 1.82) is 0 Å². The Bertz CT molecular complexity index is 33.8. The molecule has 0 aliphatic carbocycles. The van der Waals surface area contributed by atoms with Crippen LogP contribution in [0.1, 0.15) is 0 Å². The Hall–Kier alpha value is 0.135. The number of hydrogen-bond donors (Lipinski definition) is 0. The predicted molar refractivity (Wildman–Crippen MR) is 16.2 cm³/mol. The first-order valence-electron chi connectivity index (χ1n) is 1.25. The minimum atomic E-state index is -1.75. The molecule has 0 heterocycles. The van der Waals surface area contributed by atoms with Gasteiger partial charge in [0.05, 0.1) is 5.09 Å². The summed E-state index contributed by atoms with van der Waals surface area (Å²) in [7, 11) is 0. The predicted octanol–water partition coefficient (Wildman–Crippen LogP) is 0.342. The fourth-order valence-electron chi connectivity index (χ4n) is 0. The van der Waals surface area contributed by atoms with Crippen LogP contribution in [0.4, 0.5) is 0 Å². The second kappa shape index (κ2) is 8.93. The van der Waals surface area contributed by atoms with Gasteiger partial charge < -0.3 is 15.3 Å². The van der Waals surface area contributed by atoms with Gasteiger partial charge in [-0.2, -0.15) is 0 Å². The van der Waals surface area contributed by atoms with Gasteiger partial charge in [0.2, 0.25) is 0 Å². The third-order valence-electron chi connectivity index (χ3n) is 0. The Morgan fingerprint density at radius 2 is 1.50 bits per heavy atom. The van der Waals surface area contributed by atoms with Gasteiger partial charge in [0, 0.05) is 0 Å². The van der Waals surface area contributed by atoms with E-state index in [1.165, 1.54) is 0 Å². The van der Waals surface area contributed by atoms with E-state index in [1.807, 2.05) is 0 Å². The quantitative estimate of drug-likeness (QED) is 0.364. The van der Waals surface area contributed by atoms with Crippen LogP contribution < -0.4 is 0 Å². The summed E-state index contributed by atoms with van der Waals surface area (Å²) in [6, 6.07) is 0. The van der Waals surface area contributed by atoms with Crippen LogP contribution in [0, 0.1) is 15.3 Å². The zero-order chi connectivity index (χ0) is 5.58. The molecule has 0 N–H and O–H groups in total. The molecule has 0 unspecified atom stereocenters. The average molecular weight is 278 g/mol.